The quantitative estimate of drug-likeness (QED) is 0.278. The van der Waals surface area contributed by atoms with Crippen LogP contribution in [0.1, 0.15) is 22.4 Å². The number of pyridine rings is 1. The Labute approximate surface area is 199 Å². The van der Waals surface area contributed by atoms with Crippen LogP contribution in [-0.4, -0.2) is 0 Å². The summed E-state index contributed by atoms with van der Waals surface area (Å²) in [5.41, 5.74) is 7.83. The van der Waals surface area contributed by atoms with Crippen molar-refractivity contribution in [3.05, 3.63) is 155 Å². The molecule has 0 saturated carbocycles. The molecule has 0 aliphatic carbocycles. The van der Waals surface area contributed by atoms with Gasteiger partial charge in [-0.25, -0.2) is 0 Å². The third kappa shape index (κ3) is 2.54. The van der Waals surface area contributed by atoms with E-state index in [9.17, 15) is 0 Å². The maximum absolute atomic E-state index is 2.52. The number of para-hydroxylation sites is 2. The number of hydrogen-bond acceptors (Lipinski definition) is 1. The van der Waals surface area contributed by atoms with Crippen molar-refractivity contribution in [2.45, 2.75) is 5.66 Å². The first-order valence-corrected chi connectivity index (χ1v) is 11.7. The van der Waals surface area contributed by atoms with E-state index in [0.717, 1.165) is 0 Å². The van der Waals surface area contributed by atoms with Gasteiger partial charge in [-0.3, -0.25) is 4.90 Å². The molecule has 0 saturated heterocycles. The van der Waals surface area contributed by atoms with Gasteiger partial charge >= 0.3 is 5.66 Å². The summed E-state index contributed by atoms with van der Waals surface area (Å²) in [6.07, 6.45) is 6.79. The molecule has 5 aromatic rings. The molecule has 160 valence electrons. The van der Waals surface area contributed by atoms with Crippen LogP contribution in [0.15, 0.2) is 133 Å². The molecule has 0 atom stereocenters. The van der Waals surface area contributed by atoms with Gasteiger partial charge in [-0.05, 0) is 54.1 Å². The number of fused-ring (bicyclic) bond motifs is 6. The van der Waals surface area contributed by atoms with Gasteiger partial charge in [-0.15, -0.1) is 0 Å². The molecular weight excluding hydrogens is 412 g/mol. The standard InChI is InChI=1S/C32H23N2/c1-3-13-26(14-4-1)32(27-15-5-2-6-16-27)33-28(21-19-24-11-7-9-17-30(24)33)23-29-22-20-25-12-8-10-18-31(25)34(29)32/h1-23H/q+1. The van der Waals surface area contributed by atoms with Crippen molar-refractivity contribution in [2.75, 3.05) is 4.90 Å². The lowest BCUT2D eigenvalue weighted by Crippen LogP contribution is -2.70. The Morgan fingerprint density at radius 3 is 1.97 bits per heavy atom. The van der Waals surface area contributed by atoms with Gasteiger partial charge in [-0.2, -0.15) is 4.57 Å². The van der Waals surface area contributed by atoms with Crippen LogP contribution in [0.3, 0.4) is 0 Å². The number of hydrogen-bond donors (Lipinski definition) is 0. The van der Waals surface area contributed by atoms with Crippen molar-refractivity contribution in [2.24, 2.45) is 0 Å². The van der Waals surface area contributed by atoms with Gasteiger partial charge in [0.2, 0.25) is 11.2 Å². The number of anilines is 1. The molecule has 0 radical (unpaired) electrons. The van der Waals surface area contributed by atoms with Crippen LogP contribution in [-0.2, 0) is 5.66 Å². The Kier molecular flexibility index (Phi) is 4.09. The summed E-state index contributed by atoms with van der Waals surface area (Å²) in [5, 5.41) is 1.22. The van der Waals surface area contributed by atoms with Crippen molar-refractivity contribution in [1.29, 1.82) is 0 Å². The summed E-state index contributed by atoms with van der Waals surface area (Å²) in [6.45, 7) is 0. The van der Waals surface area contributed by atoms with Gasteiger partial charge in [0.15, 0.2) is 0 Å². The molecule has 0 unspecified atom stereocenters. The highest BCUT2D eigenvalue weighted by molar-refractivity contribution is 5.84. The first-order chi connectivity index (χ1) is 16.9. The van der Waals surface area contributed by atoms with Crippen LogP contribution in [0, 0.1) is 0 Å². The average molecular weight is 436 g/mol. The highest BCUT2D eigenvalue weighted by atomic mass is 15.4. The van der Waals surface area contributed by atoms with E-state index in [1.165, 1.54) is 44.7 Å². The van der Waals surface area contributed by atoms with E-state index in [1.54, 1.807) is 0 Å². The minimum absolute atomic E-state index is 0.607. The van der Waals surface area contributed by atoms with Crippen molar-refractivity contribution in [3.8, 4) is 0 Å². The average Bonchev–Trinajstić information content (AvgIpc) is 2.92. The predicted octanol–water partition coefficient (Wildman–Crippen LogP) is 6.76. The lowest BCUT2D eigenvalue weighted by molar-refractivity contribution is -0.722. The van der Waals surface area contributed by atoms with E-state index in [-0.39, 0.29) is 0 Å². The summed E-state index contributed by atoms with van der Waals surface area (Å²) in [7, 11) is 0. The summed E-state index contributed by atoms with van der Waals surface area (Å²) in [4.78, 5) is 2.52. The predicted molar refractivity (Wildman–Crippen MR) is 139 cm³/mol. The normalized spacial score (nSPS) is 15.3. The van der Waals surface area contributed by atoms with Gasteiger partial charge in [0.25, 0.3) is 0 Å². The second-order valence-corrected chi connectivity index (χ2v) is 8.85. The Morgan fingerprint density at radius 1 is 0.559 bits per heavy atom. The van der Waals surface area contributed by atoms with Crippen LogP contribution in [0.25, 0.3) is 23.1 Å². The smallest absolute Gasteiger partial charge is 0.272 e. The van der Waals surface area contributed by atoms with Gasteiger partial charge in [-0.1, -0.05) is 72.8 Å². The SMILES string of the molecule is C1=Cc2ccccc2N2C1=Cc1ccc3ccccc3[n+]1C2(c1ccccc1)c1ccccc1. The van der Waals surface area contributed by atoms with Gasteiger partial charge in [0.05, 0.1) is 22.5 Å². The zero-order valence-electron chi connectivity index (χ0n) is 18.7. The van der Waals surface area contributed by atoms with E-state index < -0.39 is 5.66 Å². The highest BCUT2D eigenvalue weighted by Crippen LogP contribution is 2.46. The van der Waals surface area contributed by atoms with Crippen molar-refractivity contribution < 1.29 is 4.57 Å². The molecule has 0 bridgehead atoms. The van der Waals surface area contributed by atoms with Crippen LogP contribution >= 0.6 is 0 Å². The topological polar surface area (TPSA) is 7.12 Å². The first-order valence-electron chi connectivity index (χ1n) is 11.7. The molecule has 2 nitrogen and oxygen atoms in total. The third-order valence-electron chi connectivity index (χ3n) is 7.03. The van der Waals surface area contributed by atoms with E-state index in [4.69, 9.17) is 0 Å². The maximum Gasteiger partial charge on any atom is 0.301 e. The minimum atomic E-state index is -0.607. The summed E-state index contributed by atoms with van der Waals surface area (Å²) < 4.78 is 2.52. The van der Waals surface area contributed by atoms with Crippen LogP contribution < -0.4 is 9.47 Å². The first kappa shape index (κ1) is 19.1. The van der Waals surface area contributed by atoms with Crippen molar-refractivity contribution in [3.63, 3.8) is 0 Å². The largest absolute Gasteiger partial charge is 0.301 e. The molecule has 34 heavy (non-hydrogen) atoms. The zero-order valence-corrected chi connectivity index (χ0v) is 18.7. The van der Waals surface area contributed by atoms with Gasteiger partial charge < -0.3 is 0 Å². The summed E-state index contributed by atoms with van der Waals surface area (Å²) >= 11 is 0. The molecule has 1 aromatic heterocycles. The van der Waals surface area contributed by atoms with Crippen molar-refractivity contribution >= 4 is 28.7 Å². The van der Waals surface area contributed by atoms with Crippen LogP contribution in [0.5, 0.6) is 0 Å². The molecule has 4 aromatic carbocycles. The van der Waals surface area contributed by atoms with Gasteiger partial charge in [0.1, 0.15) is 0 Å². The fourth-order valence-electron chi connectivity index (χ4n) is 5.67. The number of benzene rings is 4. The lowest BCUT2D eigenvalue weighted by atomic mass is 9.83. The second-order valence-electron chi connectivity index (χ2n) is 8.85. The van der Waals surface area contributed by atoms with E-state index in [0.29, 0.717) is 0 Å². The molecule has 0 amide bonds. The van der Waals surface area contributed by atoms with Crippen LogP contribution in [0.2, 0.25) is 0 Å². The number of rotatable bonds is 2. The molecule has 0 fully saturated rings. The van der Waals surface area contributed by atoms with Crippen LogP contribution in [0.4, 0.5) is 5.69 Å². The van der Waals surface area contributed by atoms with Gasteiger partial charge in [0, 0.05) is 23.6 Å². The molecular formula is C32H23N2+. The molecule has 0 spiro atoms. The fourth-order valence-corrected chi connectivity index (χ4v) is 5.67. The number of allylic oxidation sites excluding steroid dienone is 1. The Balaban J connectivity index is 1.73. The zero-order chi connectivity index (χ0) is 22.5. The summed E-state index contributed by atoms with van der Waals surface area (Å²) in [5.74, 6) is 0. The molecule has 2 aliphatic rings. The van der Waals surface area contributed by atoms with E-state index in [2.05, 4.69) is 149 Å². The molecule has 0 N–H and O–H groups in total. The maximum atomic E-state index is 2.52. The third-order valence-corrected chi connectivity index (χ3v) is 7.03. The monoisotopic (exact) mass is 435 g/mol. The van der Waals surface area contributed by atoms with E-state index >= 15 is 0 Å². The molecule has 2 aliphatic heterocycles. The molecule has 3 heterocycles. The van der Waals surface area contributed by atoms with Crippen molar-refractivity contribution in [1.82, 2.24) is 0 Å². The van der Waals surface area contributed by atoms with E-state index in [1.807, 2.05) is 0 Å². The fraction of sp³-hybridized carbons (Fsp3) is 0.0312. The Morgan fingerprint density at radius 2 is 1.21 bits per heavy atom. The highest BCUT2D eigenvalue weighted by Gasteiger charge is 2.55. The lowest BCUT2D eigenvalue weighted by Gasteiger charge is -2.46. The Hall–Kier alpha value is -4.43. The number of aromatic nitrogens is 1. The minimum Gasteiger partial charge on any atom is -0.272 e. The summed E-state index contributed by atoms with van der Waals surface area (Å²) in [6, 6.07) is 43.7. The number of nitrogens with zero attached hydrogens (tertiary/aromatic N) is 2. The second kappa shape index (κ2) is 7.29. The molecule has 2 heteroatoms. The Bertz CT molecular complexity index is 1560. The molecule has 7 rings (SSSR count).